The van der Waals surface area contributed by atoms with Crippen LogP contribution in [0, 0.1) is 17.7 Å². The molecule has 0 saturated heterocycles. The topological polar surface area (TPSA) is 12.0 Å². The third-order valence-electron chi connectivity index (χ3n) is 4.66. The maximum atomic E-state index is 14.1. The Hall–Kier alpha value is -0.600. The summed E-state index contributed by atoms with van der Waals surface area (Å²) in [5.74, 6) is 1.24. The lowest BCUT2D eigenvalue weighted by Gasteiger charge is -2.34. The molecule has 0 aliphatic heterocycles. The van der Waals surface area contributed by atoms with Gasteiger partial charge in [0, 0.05) is 16.6 Å². The van der Waals surface area contributed by atoms with E-state index >= 15 is 0 Å². The minimum Gasteiger partial charge on any atom is -0.310 e. The molecule has 0 heterocycles. The molecule has 1 nitrogen and oxygen atoms in total. The van der Waals surface area contributed by atoms with Gasteiger partial charge in [0.1, 0.15) is 5.82 Å². The largest absolute Gasteiger partial charge is 0.310 e. The number of benzene rings is 1. The number of nitrogens with one attached hydrogen (secondary N) is 1. The van der Waals surface area contributed by atoms with Crippen LogP contribution in [0.25, 0.3) is 0 Å². The molecule has 1 aliphatic carbocycles. The lowest BCUT2D eigenvalue weighted by Crippen LogP contribution is -2.31. The molecule has 20 heavy (non-hydrogen) atoms. The van der Waals surface area contributed by atoms with Gasteiger partial charge in [0.15, 0.2) is 0 Å². The summed E-state index contributed by atoms with van der Waals surface area (Å²) >= 11 is 6.05. The number of hydrogen-bond donors (Lipinski definition) is 1. The molecule has 0 amide bonds. The van der Waals surface area contributed by atoms with Crippen molar-refractivity contribution in [3.63, 3.8) is 0 Å². The van der Waals surface area contributed by atoms with Crippen LogP contribution in [0.4, 0.5) is 4.39 Å². The average Bonchev–Trinajstić information content (AvgIpc) is 2.48. The van der Waals surface area contributed by atoms with E-state index in [1.54, 1.807) is 12.1 Å². The van der Waals surface area contributed by atoms with E-state index in [9.17, 15) is 4.39 Å². The van der Waals surface area contributed by atoms with E-state index in [4.69, 9.17) is 11.6 Å². The van der Waals surface area contributed by atoms with Gasteiger partial charge in [-0.2, -0.15) is 0 Å². The third kappa shape index (κ3) is 3.73. The van der Waals surface area contributed by atoms with Crippen LogP contribution in [0.1, 0.15) is 57.6 Å². The predicted molar refractivity (Wildman–Crippen MR) is 83.6 cm³/mol. The summed E-state index contributed by atoms with van der Waals surface area (Å²) in [5, 5.41) is 4.09. The molecule has 1 fully saturated rings. The van der Waals surface area contributed by atoms with Crippen molar-refractivity contribution in [1.82, 2.24) is 5.32 Å². The maximum Gasteiger partial charge on any atom is 0.128 e. The van der Waals surface area contributed by atoms with Crippen molar-refractivity contribution in [2.45, 2.75) is 52.0 Å². The van der Waals surface area contributed by atoms with E-state index < -0.39 is 0 Å². The minimum absolute atomic E-state index is 0.0940. The molecule has 1 aliphatic rings. The fourth-order valence-corrected chi connectivity index (χ4v) is 3.61. The van der Waals surface area contributed by atoms with Crippen LogP contribution < -0.4 is 5.32 Å². The van der Waals surface area contributed by atoms with Gasteiger partial charge in [0.25, 0.3) is 0 Å². The van der Waals surface area contributed by atoms with Crippen LogP contribution >= 0.6 is 11.6 Å². The molecule has 0 bridgehead atoms. The summed E-state index contributed by atoms with van der Waals surface area (Å²) in [5.41, 5.74) is 0.735. The first-order valence-electron chi connectivity index (χ1n) is 7.84. The highest BCUT2D eigenvalue weighted by molar-refractivity contribution is 6.30. The number of rotatable bonds is 5. The molecule has 1 atom stereocenters. The fraction of sp³-hybridized carbons (Fsp3) is 0.647. The normalized spacial score (nSPS) is 24.6. The number of halogens is 2. The lowest BCUT2D eigenvalue weighted by atomic mass is 9.76. The van der Waals surface area contributed by atoms with Crippen molar-refractivity contribution in [2.24, 2.45) is 11.8 Å². The van der Waals surface area contributed by atoms with E-state index in [0.29, 0.717) is 10.9 Å². The summed E-state index contributed by atoms with van der Waals surface area (Å²) in [6, 6.07) is 4.99. The summed E-state index contributed by atoms with van der Waals surface area (Å²) < 4.78 is 14.1. The first-order chi connectivity index (χ1) is 9.65. The van der Waals surface area contributed by atoms with Crippen molar-refractivity contribution in [2.75, 3.05) is 6.54 Å². The lowest BCUT2D eigenvalue weighted by molar-refractivity contribution is 0.217. The van der Waals surface area contributed by atoms with Crippen LogP contribution in [-0.4, -0.2) is 6.54 Å². The van der Waals surface area contributed by atoms with Gasteiger partial charge in [-0.3, -0.25) is 0 Å². The zero-order valence-corrected chi connectivity index (χ0v) is 13.2. The second kappa shape index (κ2) is 7.42. The van der Waals surface area contributed by atoms with E-state index in [1.807, 2.05) is 0 Å². The van der Waals surface area contributed by atoms with E-state index in [1.165, 1.54) is 38.2 Å². The summed E-state index contributed by atoms with van der Waals surface area (Å²) in [7, 11) is 0. The van der Waals surface area contributed by atoms with Gasteiger partial charge in [-0.1, -0.05) is 44.7 Å². The highest BCUT2D eigenvalue weighted by Gasteiger charge is 2.29. The highest BCUT2D eigenvalue weighted by atomic mass is 35.5. The molecule has 1 saturated carbocycles. The Morgan fingerprint density at radius 1 is 1.25 bits per heavy atom. The summed E-state index contributed by atoms with van der Waals surface area (Å²) in [6.45, 7) is 5.20. The summed E-state index contributed by atoms with van der Waals surface area (Å²) in [4.78, 5) is 0. The van der Waals surface area contributed by atoms with Crippen molar-refractivity contribution in [1.29, 1.82) is 0 Å². The zero-order valence-electron chi connectivity index (χ0n) is 12.5. The van der Waals surface area contributed by atoms with Crippen molar-refractivity contribution in [3.05, 3.63) is 34.6 Å². The Bertz CT molecular complexity index is 427. The van der Waals surface area contributed by atoms with Crippen LogP contribution in [-0.2, 0) is 0 Å². The fourth-order valence-electron chi connectivity index (χ4n) is 3.43. The molecule has 0 aromatic heterocycles. The van der Waals surface area contributed by atoms with E-state index in [0.717, 1.165) is 18.0 Å². The Labute approximate surface area is 126 Å². The second-order valence-corrected chi connectivity index (χ2v) is 6.33. The number of hydrogen-bond acceptors (Lipinski definition) is 1. The predicted octanol–water partition coefficient (Wildman–Crippen LogP) is 5.35. The van der Waals surface area contributed by atoms with Crippen LogP contribution in [0.5, 0.6) is 0 Å². The highest BCUT2D eigenvalue weighted by Crippen LogP contribution is 2.39. The van der Waals surface area contributed by atoms with Gasteiger partial charge >= 0.3 is 0 Å². The maximum absolute atomic E-state index is 14.1. The Balaban J connectivity index is 2.16. The van der Waals surface area contributed by atoms with E-state index in [-0.39, 0.29) is 11.9 Å². The average molecular weight is 298 g/mol. The van der Waals surface area contributed by atoms with Gasteiger partial charge in [0.05, 0.1) is 0 Å². The molecule has 112 valence electrons. The Kier molecular flexibility index (Phi) is 5.86. The molecular formula is C17H25ClFN. The van der Waals surface area contributed by atoms with Gasteiger partial charge < -0.3 is 5.32 Å². The first-order valence-corrected chi connectivity index (χ1v) is 8.21. The molecule has 0 spiro atoms. The molecule has 1 aromatic rings. The molecule has 1 aromatic carbocycles. The van der Waals surface area contributed by atoms with Gasteiger partial charge in [-0.05, 0) is 49.4 Å². The van der Waals surface area contributed by atoms with Crippen molar-refractivity contribution < 1.29 is 4.39 Å². The van der Waals surface area contributed by atoms with Crippen molar-refractivity contribution in [3.8, 4) is 0 Å². The SMILES string of the molecule is CCNC(c1cc(Cl)ccc1F)C1CCC(CC)CC1. The second-order valence-electron chi connectivity index (χ2n) is 5.89. The standard InChI is InChI=1S/C17H25ClFN/c1-3-12-5-7-13(8-6-12)17(20-4-2)15-11-14(18)9-10-16(15)19/h9-13,17,20H,3-8H2,1-2H3. The van der Waals surface area contributed by atoms with E-state index in [2.05, 4.69) is 19.2 Å². The van der Waals surface area contributed by atoms with Crippen LogP contribution in [0.15, 0.2) is 18.2 Å². The van der Waals surface area contributed by atoms with Gasteiger partial charge in [-0.25, -0.2) is 4.39 Å². The quantitative estimate of drug-likeness (QED) is 0.773. The molecule has 1 N–H and O–H groups in total. The zero-order chi connectivity index (χ0) is 14.5. The van der Waals surface area contributed by atoms with Crippen LogP contribution in [0.2, 0.25) is 5.02 Å². The Morgan fingerprint density at radius 3 is 2.55 bits per heavy atom. The molecular weight excluding hydrogens is 273 g/mol. The summed E-state index contributed by atoms with van der Waals surface area (Å²) in [6.07, 6.45) is 6.17. The van der Waals surface area contributed by atoms with Crippen LogP contribution in [0.3, 0.4) is 0 Å². The molecule has 1 unspecified atom stereocenters. The third-order valence-corrected chi connectivity index (χ3v) is 4.89. The Morgan fingerprint density at radius 2 is 1.95 bits per heavy atom. The monoisotopic (exact) mass is 297 g/mol. The van der Waals surface area contributed by atoms with Crippen molar-refractivity contribution >= 4 is 11.6 Å². The van der Waals surface area contributed by atoms with Gasteiger partial charge in [0.2, 0.25) is 0 Å². The molecule has 0 radical (unpaired) electrons. The van der Waals surface area contributed by atoms with Gasteiger partial charge in [-0.15, -0.1) is 0 Å². The molecule has 2 rings (SSSR count). The first kappa shape index (κ1) is 15.8. The smallest absolute Gasteiger partial charge is 0.128 e. The minimum atomic E-state index is -0.141. The molecule has 3 heteroatoms.